The van der Waals surface area contributed by atoms with Crippen molar-refractivity contribution in [2.45, 2.75) is 65.2 Å². The molecule has 3 aromatic rings. The lowest BCUT2D eigenvalue weighted by atomic mass is 10.0. The second-order valence-corrected chi connectivity index (χ2v) is 14.2. The van der Waals surface area contributed by atoms with Crippen LogP contribution in [0.15, 0.2) is 44.0 Å². The standard InChI is InChI=1S/C32H34Br2N2O2S2/c1-3-5-7-9-15-37-27-19-24(18-26(22-36)30-12-14-32(34)40-30)28(38-16-10-8-6-4-2)20-23(27)17-25(21-35)29-11-13-31(33)39-29/h11-14,17-20H,3-10,15-16H2,1-2H3/b25-17-,26-18-. The van der Waals surface area contributed by atoms with E-state index in [4.69, 9.17) is 9.47 Å². The van der Waals surface area contributed by atoms with Crippen molar-refractivity contribution in [2.24, 2.45) is 0 Å². The highest BCUT2D eigenvalue weighted by Crippen LogP contribution is 2.37. The van der Waals surface area contributed by atoms with E-state index in [-0.39, 0.29) is 0 Å². The lowest BCUT2D eigenvalue weighted by Crippen LogP contribution is -2.03. The van der Waals surface area contributed by atoms with Crippen molar-refractivity contribution in [2.75, 3.05) is 13.2 Å². The second-order valence-electron chi connectivity index (χ2n) is 9.29. The second kappa shape index (κ2) is 17.5. The van der Waals surface area contributed by atoms with Crippen LogP contribution in [0.3, 0.4) is 0 Å². The summed E-state index contributed by atoms with van der Waals surface area (Å²) < 4.78 is 14.6. The zero-order valence-electron chi connectivity index (χ0n) is 23.0. The van der Waals surface area contributed by atoms with Crippen LogP contribution in [0, 0.1) is 22.7 Å². The molecule has 0 saturated carbocycles. The van der Waals surface area contributed by atoms with E-state index < -0.39 is 0 Å². The molecule has 0 bridgehead atoms. The van der Waals surface area contributed by atoms with Crippen molar-refractivity contribution in [1.82, 2.24) is 0 Å². The van der Waals surface area contributed by atoms with E-state index in [1.54, 1.807) is 0 Å². The Kier molecular flexibility index (Phi) is 14.0. The SMILES string of the molecule is CCCCCCOc1cc(/C=C(/C#N)c2ccc(Br)s2)c(OCCCCCC)cc1/C=C(/C#N)c1ccc(Br)s1. The van der Waals surface area contributed by atoms with E-state index in [9.17, 15) is 10.5 Å². The van der Waals surface area contributed by atoms with Crippen LogP contribution in [0.4, 0.5) is 0 Å². The van der Waals surface area contributed by atoms with Gasteiger partial charge in [0.1, 0.15) is 23.6 Å². The van der Waals surface area contributed by atoms with Gasteiger partial charge in [-0.05, 0) is 93.3 Å². The normalized spacial score (nSPS) is 11.8. The van der Waals surface area contributed by atoms with E-state index in [2.05, 4.69) is 57.8 Å². The molecule has 0 aliphatic carbocycles. The fourth-order valence-corrected chi connectivity index (χ4v) is 6.74. The number of benzene rings is 1. The van der Waals surface area contributed by atoms with Gasteiger partial charge in [-0.2, -0.15) is 10.5 Å². The molecule has 0 amide bonds. The van der Waals surface area contributed by atoms with Crippen molar-refractivity contribution < 1.29 is 9.47 Å². The zero-order valence-corrected chi connectivity index (χ0v) is 27.8. The van der Waals surface area contributed by atoms with Crippen LogP contribution in [-0.4, -0.2) is 13.2 Å². The first-order chi connectivity index (χ1) is 19.5. The molecular weight excluding hydrogens is 668 g/mol. The Morgan fingerprint density at radius 2 is 1.12 bits per heavy atom. The van der Waals surface area contributed by atoms with Crippen molar-refractivity contribution >= 4 is 77.8 Å². The van der Waals surface area contributed by atoms with Gasteiger partial charge < -0.3 is 9.47 Å². The maximum atomic E-state index is 9.99. The Morgan fingerprint density at radius 1 is 0.700 bits per heavy atom. The topological polar surface area (TPSA) is 66.0 Å². The monoisotopic (exact) mass is 700 g/mol. The highest BCUT2D eigenvalue weighted by atomic mass is 79.9. The molecule has 210 valence electrons. The van der Waals surface area contributed by atoms with Gasteiger partial charge in [0, 0.05) is 20.9 Å². The zero-order chi connectivity index (χ0) is 28.7. The number of halogens is 2. The van der Waals surface area contributed by atoms with Gasteiger partial charge in [0.15, 0.2) is 0 Å². The molecule has 0 aliphatic rings. The van der Waals surface area contributed by atoms with Gasteiger partial charge in [0.25, 0.3) is 0 Å². The molecule has 2 aromatic heterocycles. The minimum atomic E-state index is 0.560. The highest BCUT2D eigenvalue weighted by Gasteiger charge is 2.15. The first-order valence-electron chi connectivity index (χ1n) is 13.7. The number of unbranched alkanes of at least 4 members (excludes halogenated alkanes) is 6. The molecule has 0 aliphatic heterocycles. The average molecular weight is 703 g/mol. The Bertz CT molecular complexity index is 1290. The number of nitriles is 2. The van der Waals surface area contributed by atoms with Gasteiger partial charge in [-0.25, -0.2) is 0 Å². The van der Waals surface area contributed by atoms with Crippen molar-refractivity contribution in [3.8, 4) is 23.6 Å². The molecule has 0 unspecified atom stereocenters. The molecule has 0 atom stereocenters. The number of allylic oxidation sites excluding steroid dienone is 2. The number of rotatable bonds is 16. The highest BCUT2D eigenvalue weighted by molar-refractivity contribution is 9.11. The van der Waals surface area contributed by atoms with Gasteiger partial charge >= 0.3 is 0 Å². The summed E-state index contributed by atoms with van der Waals surface area (Å²) in [6, 6.07) is 16.4. The summed E-state index contributed by atoms with van der Waals surface area (Å²) in [5, 5.41) is 20.0. The molecular formula is C32H34Br2N2O2S2. The third-order valence-electron chi connectivity index (χ3n) is 6.17. The lowest BCUT2D eigenvalue weighted by molar-refractivity contribution is 0.296. The fourth-order valence-electron chi connectivity index (χ4n) is 4.04. The van der Waals surface area contributed by atoms with E-state index in [1.807, 2.05) is 48.6 Å². The summed E-state index contributed by atoms with van der Waals surface area (Å²) in [6.45, 7) is 5.54. The molecule has 0 radical (unpaired) electrons. The maximum Gasteiger partial charge on any atom is 0.127 e. The van der Waals surface area contributed by atoms with Crippen LogP contribution in [-0.2, 0) is 0 Å². The third-order valence-corrected chi connectivity index (χ3v) is 9.48. The Hall–Kier alpha value is -2.36. The summed E-state index contributed by atoms with van der Waals surface area (Å²) in [5.74, 6) is 1.35. The molecule has 3 rings (SSSR count). The first kappa shape index (κ1) is 32.2. The van der Waals surface area contributed by atoms with Crippen LogP contribution in [0.5, 0.6) is 11.5 Å². The molecule has 4 nitrogen and oxygen atoms in total. The molecule has 0 saturated heterocycles. The number of ether oxygens (including phenoxy) is 2. The van der Waals surface area contributed by atoms with E-state index in [0.29, 0.717) is 35.9 Å². The maximum absolute atomic E-state index is 9.99. The average Bonchev–Trinajstić information content (AvgIpc) is 3.59. The smallest absolute Gasteiger partial charge is 0.127 e. The minimum Gasteiger partial charge on any atom is -0.493 e. The van der Waals surface area contributed by atoms with Crippen LogP contribution in [0.2, 0.25) is 0 Å². The fraction of sp³-hybridized carbons (Fsp3) is 0.375. The van der Waals surface area contributed by atoms with Crippen LogP contribution in [0.25, 0.3) is 23.3 Å². The van der Waals surface area contributed by atoms with E-state index in [1.165, 1.54) is 35.5 Å². The summed E-state index contributed by atoms with van der Waals surface area (Å²) in [4.78, 5) is 1.76. The quantitative estimate of drug-likeness (QED) is 0.110. The molecule has 0 fully saturated rings. The predicted octanol–water partition coefficient (Wildman–Crippen LogP) is 11.4. The molecule has 8 heteroatoms. The van der Waals surface area contributed by atoms with Crippen LogP contribution < -0.4 is 9.47 Å². The predicted molar refractivity (Wildman–Crippen MR) is 177 cm³/mol. The minimum absolute atomic E-state index is 0.560. The molecule has 1 aromatic carbocycles. The molecule has 0 spiro atoms. The van der Waals surface area contributed by atoms with Crippen molar-refractivity contribution in [3.05, 3.63) is 64.9 Å². The van der Waals surface area contributed by atoms with Crippen molar-refractivity contribution in [1.29, 1.82) is 10.5 Å². The van der Waals surface area contributed by atoms with Gasteiger partial charge in [-0.15, -0.1) is 22.7 Å². The Morgan fingerprint density at radius 3 is 1.45 bits per heavy atom. The lowest BCUT2D eigenvalue weighted by Gasteiger charge is -2.16. The van der Waals surface area contributed by atoms with Crippen LogP contribution >= 0.6 is 54.5 Å². The summed E-state index contributed by atoms with van der Waals surface area (Å²) in [5.41, 5.74) is 2.69. The Labute approximate surface area is 263 Å². The number of thiophene rings is 2. The van der Waals surface area contributed by atoms with E-state index >= 15 is 0 Å². The van der Waals surface area contributed by atoms with E-state index in [0.717, 1.165) is 67.0 Å². The molecule has 40 heavy (non-hydrogen) atoms. The summed E-state index contributed by atoms with van der Waals surface area (Å²) in [7, 11) is 0. The van der Waals surface area contributed by atoms with Gasteiger partial charge in [-0.1, -0.05) is 52.4 Å². The first-order valence-corrected chi connectivity index (χ1v) is 16.9. The summed E-state index contributed by atoms with van der Waals surface area (Å²) >= 11 is 10.0. The van der Waals surface area contributed by atoms with Gasteiger partial charge in [0.2, 0.25) is 0 Å². The van der Waals surface area contributed by atoms with Gasteiger partial charge in [0.05, 0.1) is 31.9 Å². The number of nitrogens with zero attached hydrogens (tertiary/aromatic N) is 2. The van der Waals surface area contributed by atoms with Gasteiger partial charge in [-0.3, -0.25) is 0 Å². The summed E-state index contributed by atoms with van der Waals surface area (Å²) in [6.07, 6.45) is 12.5. The molecule has 0 N–H and O–H groups in total. The Balaban J connectivity index is 2.08. The number of hydrogen-bond acceptors (Lipinski definition) is 6. The molecule has 2 heterocycles. The van der Waals surface area contributed by atoms with Crippen molar-refractivity contribution in [3.63, 3.8) is 0 Å². The van der Waals surface area contributed by atoms with Crippen LogP contribution in [0.1, 0.15) is 86.1 Å². The number of hydrogen-bond donors (Lipinski definition) is 0. The largest absolute Gasteiger partial charge is 0.493 e. The third kappa shape index (κ3) is 9.93.